The molecule has 12 nitrogen and oxygen atoms in total. The van der Waals surface area contributed by atoms with Gasteiger partial charge in [0, 0.05) is 5.56 Å². The maximum Gasteiger partial charge on any atom is 0.428 e. The minimum atomic E-state index is -4.54. The molecule has 1 fully saturated rings. The Bertz CT molecular complexity index is 1240. The summed E-state index contributed by atoms with van der Waals surface area (Å²) in [5.41, 5.74) is 0.488. The zero-order chi connectivity index (χ0) is 29.8. The number of alkyl halides is 3. The van der Waals surface area contributed by atoms with E-state index in [4.69, 9.17) is 9.15 Å². The average molecular weight is 570 g/mol. The van der Waals surface area contributed by atoms with Gasteiger partial charge in [-0.1, -0.05) is 40.5 Å². The second-order valence-electron chi connectivity index (χ2n) is 10.2. The molecule has 3 rings (SSSR count). The van der Waals surface area contributed by atoms with Gasteiger partial charge in [-0.2, -0.15) is 13.2 Å². The molecule has 0 saturated carbocycles. The van der Waals surface area contributed by atoms with Gasteiger partial charge in [0.25, 0.3) is 0 Å². The number of carbonyl (C=O) groups is 4. The second kappa shape index (κ2) is 11.9. The summed E-state index contributed by atoms with van der Waals surface area (Å²) in [6.45, 7) is 6.84. The lowest BCUT2D eigenvalue weighted by Gasteiger charge is -2.40. The van der Waals surface area contributed by atoms with Crippen molar-refractivity contribution in [1.82, 2.24) is 25.5 Å². The minimum Gasteiger partial charge on any atom is -0.465 e. The van der Waals surface area contributed by atoms with E-state index in [1.54, 1.807) is 20.8 Å². The largest absolute Gasteiger partial charge is 0.465 e. The number of nitrogens with one attached hydrogen (secondary N) is 1. The number of rotatable bonds is 10. The van der Waals surface area contributed by atoms with Crippen LogP contribution in [0.1, 0.15) is 64.5 Å². The Morgan fingerprint density at radius 2 is 1.80 bits per heavy atom. The zero-order valence-corrected chi connectivity index (χ0v) is 22.3. The SMILES string of the molecule is CCCC[C@@H](C(=O)C(=O)NN1CCOC1=O)N(C(=O)O)C(c1nnc(-c2ccc(C(F)(F)F)cc2)o1)C(C)(C)C. The van der Waals surface area contributed by atoms with E-state index in [2.05, 4.69) is 15.6 Å². The van der Waals surface area contributed by atoms with Crippen LogP contribution in [-0.2, 0) is 20.5 Å². The number of cyclic esters (lactones) is 1. The molecule has 0 aliphatic carbocycles. The van der Waals surface area contributed by atoms with Crippen molar-refractivity contribution < 1.29 is 46.6 Å². The first kappa shape index (κ1) is 30.4. The Balaban J connectivity index is 1.98. The Kier molecular flexibility index (Phi) is 9.05. The number of Topliss-reactive ketones (excluding diaryl/α,β-unsaturated/α-hetero) is 1. The van der Waals surface area contributed by atoms with Crippen LogP contribution in [-0.4, -0.2) is 68.3 Å². The van der Waals surface area contributed by atoms with Crippen LogP contribution >= 0.6 is 0 Å². The highest BCUT2D eigenvalue weighted by molar-refractivity contribution is 6.38. The molecule has 1 saturated heterocycles. The number of carboxylic acid groups (broad SMARTS) is 1. The number of nitrogens with zero attached hydrogens (tertiary/aromatic N) is 4. The molecule has 2 aromatic rings. The minimum absolute atomic E-state index is 0.0122. The van der Waals surface area contributed by atoms with Crippen molar-refractivity contribution in [3.05, 3.63) is 35.7 Å². The average Bonchev–Trinajstić information content (AvgIpc) is 3.51. The van der Waals surface area contributed by atoms with Crippen LogP contribution in [0, 0.1) is 5.41 Å². The van der Waals surface area contributed by atoms with Crippen LogP contribution in [0.5, 0.6) is 0 Å². The molecule has 1 aromatic carbocycles. The van der Waals surface area contributed by atoms with E-state index in [-0.39, 0.29) is 36.9 Å². The van der Waals surface area contributed by atoms with Crippen molar-refractivity contribution in [3.63, 3.8) is 0 Å². The first-order valence-corrected chi connectivity index (χ1v) is 12.5. The Hall–Kier alpha value is -4.17. The van der Waals surface area contributed by atoms with E-state index in [1.165, 1.54) is 0 Å². The zero-order valence-electron chi connectivity index (χ0n) is 22.3. The molecule has 0 spiro atoms. The van der Waals surface area contributed by atoms with Gasteiger partial charge < -0.3 is 14.3 Å². The van der Waals surface area contributed by atoms with Gasteiger partial charge in [0.05, 0.1) is 12.1 Å². The molecule has 0 radical (unpaired) electrons. The third-order valence-electron chi connectivity index (χ3n) is 6.14. The Labute approximate surface area is 227 Å². The van der Waals surface area contributed by atoms with Crippen molar-refractivity contribution in [3.8, 4) is 11.5 Å². The number of benzene rings is 1. The van der Waals surface area contributed by atoms with Gasteiger partial charge in [0.1, 0.15) is 18.7 Å². The van der Waals surface area contributed by atoms with E-state index in [0.717, 1.165) is 34.2 Å². The molecule has 1 aromatic heterocycles. The van der Waals surface area contributed by atoms with E-state index >= 15 is 0 Å². The molecule has 1 unspecified atom stereocenters. The highest BCUT2D eigenvalue weighted by Gasteiger charge is 2.46. The normalized spacial score (nSPS) is 15.4. The van der Waals surface area contributed by atoms with E-state index in [9.17, 15) is 37.5 Å². The van der Waals surface area contributed by atoms with Gasteiger partial charge in [-0.3, -0.25) is 19.9 Å². The number of hydrazine groups is 1. The topological polar surface area (TPSA) is 155 Å². The first-order valence-electron chi connectivity index (χ1n) is 12.5. The summed E-state index contributed by atoms with van der Waals surface area (Å²) in [4.78, 5) is 51.3. The highest BCUT2D eigenvalue weighted by atomic mass is 19.4. The molecule has 3 amide bonds. The molecule has 2 atom stereocenters. The van der Waals surface area contributed by atoms with Crippen molar-refractivity contribution >= 4 is 23.9 Å². The highest BCUT2D eigenvalue weighted by Crippen LogP contribution is 2.40. The van der Waals surface area contributed by atoms with Gasteiger partial charge in [-0.25, -0.2) is 14.6 Å². The van der Waals surface area contributed by atoms with E-state index < -0.39 is 53.1 Å². The fourth-order valence-electron chi connectivity index (χ4n) is 4.21. The third kappa shape index (κ3) is 6.87. The summed E-state index contributed by atoms with van der Waals surface area (Å²) in [6, 6.07) is 1.25. The van der Waals surface area contributed by atoms with Gasteiger partial charge in [0.2, 0.25) is 17.6 Å². The number of halogens is 3. The molecule has 15 heteroatoms. The number of hydrogen-bond acceptors (Lipinski definition) is 8. The molecule has 1 aliphatic rings. The smallest absolute Gasteiger partial charge is 0.428 e. The molecular formula is C25H30F3N5O7. The fourth-order valence-corrected chi connectivity index (χ4v) is 4.21. The molecule has 2 heterocycles. The predicted molar refractivity (Wildman–Crippen MR) is 131 cm³/mol. The summed E-state index contributed by atoms with van der Waals surface area (Å²) >= 11 is 0. The van der Waals surface area contributed by atoms with Crippen LogP contribution < -0.4 is 5.43 Å². The third-order valence-corrected chi connectivity index (χ3v) is 6.14. The van der Waals surface area contributed by atoms with Crippen LogP contribution in [0.4, 0.5) is 22.8 Å². The summed E-state index contributed by atoms with van der Waals surface area (Å²) in [5.74, 6) is -2.69. The maximum absolute atomic E-state index is 13.3. The van der Waals surface area contributed by atoms with E-state index in [1.807, 2.05) is 6.92 Å². The Morgan fingerprint density at radius 1 is 1.15 bits per heavy atom. The van der Waals surface area contributed by atoms with Gasteiger partial charge in [-0.15, -0.1) is 10.2 Å². The van der Waals surface area contributed by atoms with Crippen molar-refractivity contribution in [2.24, 2.45) is 5.41 Å². The fraction of sp³-hybridized carbons (Fsp3) is 0.520. The summed E-state index contributed by atoms with van der Waals surface area (Å²) in [5, 5.41) is 19.0. The molecular weight excluding hydrogens is 539 g/mol. The van der Waals surface area contributed by atoms with Gasteiger partial charge >= 0.3 is 24.3 Å². The summed E-state index contributed by atoms with van der Waals surface area (Å²) in [7, 11) is 0. The van der Waals surface area contributed by atoms with Gasteiger partial charge in [-0.05, 0) is 36.1 Å². The van der Waals surface area contributed by atoms with Crippen LogP contribution in [0.25, 0.3) is 11.5 Å². The van der Waals surface area contributed by atoms with Crippen molar-refractivity contribution in [2.45, 2.75) is 65.2 Å². The maximum atomic E-state index is 13.3. The number of ketones is 1. The molecule has 1 aliphatic heterocycles. The monoisotopic (exact) mass is 569 g/mol. The van der Waals surface area contributed by atoms with Crippen LogP contribution in [0.3, 0.4) is 0 Å². The summed E-state index contributed by atoms with van der Waals surface area (Å²) < 4.78 is 49.3. The lowest BCUT2D eigenvalue weighted by Crippen LogP contribution is -2.55. The lowest BCUT2D eigenvalue weighted by molar-refractivity contribution is -0.144. The molecule has 40 heavy (non-hydrogen) atoms. The van der Waals surface area contributed by atoms with Crippen molar-refractivity contribution in [1.29, 1.82) is 0 Å². The predicted octanol–water partition coefficient (Wildman–Crippen LogP) is 4.43. The number of aromatic nitrogens is 2. The number of ether oxygens (including phenoxy) is 1. The molecule has 0 bridgehead atoms. The molecule has 218 valence electrons. The number of carbonyl (C=O) groups excluding carboxylic acids is 3. The quantitative estimate of drug-likeness (QED) is 0.395. The number of hydrogen-bond donors (Lipinski definition) is 2. The standard InChI is InChI=1S/C25H30F3N5O7/c1-5-6-7-16(17(34)19(35)31-32-12-13-39-23(32)38)33(22(36)37)18(24(2,3)4)21-30-29-20(40-21)14-8-10-15(11-9-14)25(26,27)28/h8-11,16,18H,5-7,12-13H2,1-4H3,(H,31,35)(H,36,37)/t16-,18?/m0/s1. The van der Waals surface area contributed by atoms with Crippen LogP contribution in [0.15, 0.2) is 28.7 Å². The van der Waals surface area contributed by atoms with Crippen molar-refractivity contribution in [2.75, 3.05) is 13.2 Å². The summed E-state index contributed by atoms with van der Waals surface area (Å²) in [6.07, 6.45) is -5.99. The Morgan fingerprint density at radius 3 is 2.30 bits per heavy atom. The second-order valence-corrected chi connectivity index (χ2v) is 10.2. The first-order chi connectivity index (χ1) is 18.6. The number of amides is 3. The van der Waals surface area contributed by atoms with Gasteiger partial charge in [0.15, 0.2) is 0 Å². The lowest BCUT2D eigenvalue weighted by atomic mass is 9.84. The molecule has 2 N–H and O–H groups in total. The van der Waals surface area contributed by atoms with E-state index in [0.29, 0.717) is 12.8 Å². The van der Waals surface area contributed by atoms with Crippen LogP contribution in [0.2, 0.25) is 0 Å². The number of unbranched alkanes of at least 4 members (excludes halogenated alkanes) is 1.